The average Bonchev–Trinajstić information content (AvgIpc) is 2.44. The van der Waals surface area contributed by atoms with Gasteiger partial charge in [-0.3, -0.25) is 0 Å². The van der Waals surface area contributed by atoms with Gasteiger partial charge in [0.2, 0.25) is 0 Å². The molecule has 1 aromatic carbocycles. The first-order valence-corrected chi connectivity index (χ1v) is 7.16. The van der Waals surface area contributed by atoms with Gasteiger partial charge in [-0.1, -0.05) is 6.92 Å². The molecule has 1 aromatic rings. The molecule has 0 radical (unpaired) electrons. The van der Waals surface area contributed by atoms with Gasteiger partial charge in [-0.15, -0.1) is 0 Å². The van der Waals surface area contributed by atoms with Gasteiger partial charge >= 0.3 is 6.09 Å². The minimum atomic E-state index is -1.06. The molecule has 0 aliphatic carbocycles. The molecule has 1 unspecified atom stereocenters. The van der Waals surface area contributed by atoms with Crippen molar-refractivity contribution in [3.63, 3.8) is 0 Å². The van der Waals surface area contributed by atoms with Gasteiger partial charge in [0.15, 0.2) is 0 Å². The van der Waals surface area contributed by atoms with Crippen molar-refractivity contribution in [3.8, 4) is 0 Å². The quantitative estimate of drug-likeness (QED) is 0.715. The fraction of sp³-hybridized carbons (Fsp3) is 0.533. The maximum Gasteiger partial charge on any atom is 0.407 e. The normalized spacial score (nSPS) is 15.0. The van der Waals surface area contributed by atoms with Crippen molar-refractivity contribution in [1.29, 1.82) is 0 Å². The van der Waals surface area contributed by atoms with Crippen molar-refractivity contribution >= 4 is 6.09 Å². The van der Waals surface area contributed by atoms with Crippen LogP contribution in [0, 0.1) is 11.6 Å². The number of carbonyl (C=O) groups excluding carboxylic acids is 1. The Morgan fingerprint density at radius 1 is 1.36 bits per heavy atom. The number of ether oxygens (including phenoxy) is 1. The highest BCUT2D eigenvalue weighted by molar-refractivity contribution is 5.68. The molecule has 0 aromatic heterocycles. The van der Waals surface area contributed by atoms with E-state index in [9.17, 15) is 18.7 Å². The van der Waals surface area contributed by atoms with Gasteiger partial charge in [0.05, 0.1) is 12.1 Å². The highest BCUT2D eigenvalue weighted by Crippen LogP contribution is 2.12. The predicted molar refractivity (Wildman–Crippen MR) is 78.3 cm³/mol. The second kappa shape index (κ2) is 8.65. The number of halogens is 2. The van der Waals surface area contributed by atoms with Crippen LogP contribution in [0.4, 0.5) is 13.6 Å². The number of hydrogen-bond donors (Lipinski definition) is 3. The third kappa shape index (κ3) is 5.95. The van der Waals surface area contributed by atoms with E-state index in [0.717, 1.165) is 18.2 Å². The topological polar surface area (TPSA) is 84.6 Å². The molecular weight excluding hydrogens is 294 g/mol. The Kier molecular flexibility index (Phi) is 7.20. The zero-order chi connectivity index (χ0) is 16.7. The average molecular weight is 316 g/mol. The number of benzene rings is 1. The minimum Gasteiger partial charge on any atom is -0.447 e. The lowest BCUT2D eigenvalue weighted by Crippen LogP contribution is -2.48. The number of rotatable bonds is 7. The molecule has 0 bridgehead atoms. The molecule has 0 saturated carbocycles. The van der Waals surface area contributed by atoms with Crippen molar-refractivity contribution in [3.05, 3.63) is 35.4 Å². The van der Waals surface area contributed by atoms with E-state index in [-0.39, 0.29) is 19.1 Å². The highest BCUT2D eigenvalue weighted by atomic mass is 19.1. The molecule has 124 valence electrons. The SMILES string of the molecule is CCC(C)OC(=O)N[C@@H](Cc1cc(F)cc(F)c1)[C@H](O)CN. The summed E-state index contributed by atoms with van der Waals surface area (Å²) in [6, 6.07) is 2.23. The number of nitrogens with one attached hydrogen (secondary N) is 1. The van der Waals surface area contributed by atoms with E-state index in [2.05, 4.69) is 5.32 Å². The summed E-state index contributed by atoms with van der Waals surface area (Å²) < 4.78 is 31.5. The second-order valence-corrected chi connectivity index (χ2v) is 5.16. The van der Waals surface area contributed by atoms with Crippen LogP contribution < -0.4 is 11.1 Å². The van der Waals surface area contributed by atoms with Crippen LogP contribution in [0.1, 0.15) is 25.8 Å². The maximum absolute atomic E-state index is 13.2. The highest BCUT2D eigenvalue weighted by Gasteiger charge is 2.22. The van der Waals surface area contributed by atoms with Crippen LogP contribution in [0.2, 0.25) is 0 Å². The van der Waals surface area contributed by atoms with Crippen LogP contribution in [-0.4, -0.2) is 36.0 Å². The third-order valence-corrected chi connectivity index (χ3v) is 3.27. The van der Waals surface area contributed by atoms with E-state index in [0.29, 0.717) is 12.0 Å². The Morgan fingerprint density at radius 3 is 2.45 bits per heavy atom. The molecule has 5 nitrogen and oxygen atoms in total. The van der Waals surface area contributed by atoms with E-state index in [1.807, 2.05) is 6.92 Å². The molecule has 0 spiro atoms. The van der Waals surface area contributed by atoms with Gasteiger partial charge in [-0.05, 0) is 37.5 Å². The molecule has 1 rings (SSSR count). The number of aliphatic hydroxyl groups is 1. The smallest absolute Gasteiger partial charge is 0.407 e. The largest absolute Gasteiger partial charge is 0.447 e. The number of carbonyl (C=O) groups is 1. The molecule has 22 heavy (non-hydrogen) atoms. The Hall–Kier alpha value is -1.73. The standard InChI is InChI=1S/C15H22F2N2O3/c1-3-9(2)22-15(21)19-13(14(20)8-18)6-10-4-11(16)7-12(17)5-10/h4-5,7,9,13-14,20H,3,6,8,18H2,1-2H3,(H,19,21)/t9?,13-,14+/m0/s1. The number of hydrogen-bond acceptors (Lipinski definition) is 4. The predicted octanol–water partition coefficient (Wildman–Crippen LogP) is 1.72. The van der Waals surface area contributed by atoms with Crippen molar-refractivity contribution in [1.82, 2.24) is 5.32 Å². The van der Waals surface area contributed by atoms with Crippen LogP contribution >= 0.6 is 0 Å². The molecule has 0 heterocycles. The van der Waals surface area contributed by atoms with Crippen molar-refractivity contribution in [2.45, 2.75) is 44.9 Å². The fourth-order valence-corrected chi connectivity index (χ4v) is 1.88. The Labute approximate surface area is 128 Å². The Balaban J connectivity index is 2.78. The van der Waals surface area contributed by atoms with E-state index in [4.69, 9.17) is 10.5 Å². The first kappa shape index (κ1) is 18.3. The number of nitrogens with two attached hydrogens (primary N) is 1. The van der Waals surface area contributed by atoms with Gasteiger partial charge in [-0.2, -0.15) is 0 Å². The van der Waals surface area contributed by atoms with Crippen LogP contribution in [-0.2, 0) is 11.2 Å². The molecule has 7 heteroatoms. The van der Waals surface area contributed by atoms with Crippen LogP contribution in [0.3, 0.4) is 0 Å². The van der Waals surface area contributed by atoms with Gasteiger partial charge in [-0.25, -0.2) is 13.6 Å². The van der Waals surface area contributed by atoms with E-state index >= 15 is 0 Å². The first-order chi connectivity index (χ1) is 10.3. The van der Waals surface area contributed by atoms with Crippen molar-refractivity contribution < 1.29 is 23.4 Å². The summed E-state index contributed by atoms with van der Waals surface area (Å²) in [5, 5.41) is 12.4. The van der Waals surface area contributed by atoms with Crippen LogP contribution in [0.25, 0.3) is 0 Å². The number of alkyl carbamates (subject to hydrolysis) is 1. The maximum atomic E-state index is 13.2. The molecule has 1 amide bonds. The lowest BCUT2D eigenvalue weighted by atomic mass is 10.0. The van der Waals surface area contributed by atoms with E-state index in [1.165, 1.54) is 0 Å². The molecule has 0 saturated heterocycles. The number of aliphatic hydroxyl groups excluding tert-OH is 1. The van der Waals surface area contributed by atoms with Crippen LogP contribution in [0.5, 0.6) is 0 Å². The summed E-state index contributed by atoms with van der Waals surface area (Å²) in [7, 11) is 0. The second-order valence-electron chi connectivity index (χ2n) is 5.16. The summed E-state index contributed by atoms with van der Waals surface area (Å²) in [5.41, 5.74) is 5.70. The first-order valence-electron chi connectivity index (χ1n) is 7.16. The lowest BCUT2D eigenvalue weighted by molar-refractivity contribution is 0.0844. The lowest BCUT2D eigenvalue weighted by Gasteiger charge is -2.24. The third-order valence-electron chi connectivity index (χ3n) is 3.27. The summed E-state index contributed by atoms with van der Waals surface area (Å²) in [5.74, 6) is -1.45. The summed E-state index contributed by atoms with van der Waals surface area (Å²) in [4.78, 5) is 11.7. The summed E-state index contributed by atoms with van der Waals surface area (Å²) in [6.07, 6.45) is -1.36. The molecule has 0 aliphatic heterocycles. The molecule has 3 atom stereocenters. The zero-order valence-corrected chi connectivity index (χ0v) is 12.7. The fourth-order valence-electron chi connectivity index (χ4n) is 1.88. The Bertz CT molecular complexity index is 479. The monoisotopic (exact) mass is 316 g/mol. The van der Waals surface area contributed by atoms with Crippen LogP contribution in [0.15, 0.2) is 18.2 Å². The zero-order valence-electron chi connectivity index (χ0n) is 12.7. The molecule has 0 aliphatic rings. The van der Waals surface area contributed by atoms with E-state index < -0.39 is 29.9 Å². The van der Waals surface area contributed by atoms with Crippen molar-refractivity contribution in [2.24, 2.45) is 5.73 Å². The minimum absolute atomic E-state index is 0.0304. The molecule has 4 N–H and O–H groups in total. The van der Waals surface area contributed by atoms with Gasteiger partial charge in [0.25, 0.3) is 0 Å². The van der Waals surface area contributed by atoms with Gasteiger partial charge < -0.3 is 20.9 Å². The van der Waals surface area contributed by atoms with Gasteiger partial charge in [0, 0.05) is 12.6 Å². The van der Waals surface area contributed by atoms with Crippen molar-refractivity contribution in [2.75, 3.05) is 6.54 Å². The van der Waals surface area contributed by atoms with E-state index in [1.54, 1.807) is 6.92 Å². The number of amides is 1. The summed E-state index contributed by atoms with van der Waals surface area (Å²) >= 11 is 0. The van der Waals surface area contributed by atoms with Gasteiger partial charge in [0.1, 0.15) is 17.7 Å². The molecule has 0 fully saturated rings. The molecular formula is C15H22F2N2O3. The Morgan fingerprint density at radius 2 is 1.95 bits per heavy atom. The summed E-state index contributed by atoms with van der Waals surface area (Å²) in [6.45, 7) is 3.49.